The van der Waals surface area contributed by atoms with E-state index in [0.29, 0.717) is 23.6 Å². The first-order chi connectivity index (χ1) is 14.9. The summed E-state index contributed by atoms with van der Waals surface area (Å²) in [5.41, 5.74) is -0.0385. The van der Waals surface area contributed by atoms with Gasteiger partial charge in [-0.2, -0.15) is 0 Å². The van der Waals surface area contributed by atoms with Gasteiger partial charge in [0.2, 0.25) is 5.91 Å². The van der Waals surface area contributed by atoms with E-state index in [-0.39, 0.29) is 11.4 Å². The van der Waals surface area contributed by atoms with Crippen LogP contribution in [0.15, 0.2) is 59.5 Å². The molecular formula is C22H21FN4O4. The number of rotatable bonds is 7. The number of halogens is 1. The van der Waals surface area contributed by atoms with Crippen LogP contribution in [-0.4, -0.2) is 35.0 Å². The van der Waals surface area contributed by atoms with Crippen LogP contribution in [0, 0.1) is 5.82 Å². The number of nitrogens with one attached hydrogen (secondary N) is 2. The lowest BCUT2D eigenvalue weighted by molar-refractivity contribution is -0.116. The van der Waals surface area contributed by atoms with Crippen LogP contribution in [0.5, 0.6) is 5.75 Å². The molecule has 0 aliphatic carbocycles. The van der Waals surface area contributed by atoms with Gasteiger partial charge in [0.15, 0.2) is 0 Å². The van der Waals surface area contributed by atoms with Crippen LogP contribution in [-0.2, 0) is 11.3 Å². The molecule has 3 aromatic rings. The summed E-state index contributed by atoms with van der Waals surface area (Å²) < 4.78 is 19.9. The van der Waals surface area contributed by atoms with Gasteiger partial charge in [-0.15, -0.1) is 0 Å². The van der Waals surface area contributed by atoms with E-state index in [2.05, 4.69) is 15.6 Å². The average molecular weight is 424 g/mol. The number of nitrogens with zero attached hydrogens (tertiary/aromatic N) is 2. The second-order valence-corrected chi connectivity index (χ2v) is 6.45. The molecule has 0 unspecified atom stereocenters. The highest BCUT2D eigenvalue weighted by atomic mass is 19.1. The zero-order valence-corrected chi connectivity index (χ0v) is 17.0. The molecule has 1 aromatic heterocycles. The molecule has 0 aliphatic rings. The molecule has 8 nitrogen and oxygen atoms in total. The molecule has 1 heterocycles. The van der Waals surface area contributed by atoms with Gasteiger partial charge < -0.3 is 15.4 Å². The number of carbonyl (C=O) groups is 2. The molecule has 0 atom stereocenters. The molecule has 2 N–H and O–H groups in total. The van der Waals surface area contributed by atoms with Crippen molar-refractivity contribution in [2.45, 2.75) is 13.5 Å². The Hall–Kier alpha value is -4.01. The SMILES string of the molecule is CCOc1ccccc1NC(=O)Cn1c(-c2ccc(F)cc2)ncc(C(=O)NC)c1=O. The van der Waals surface area contributed by atoms with E-state index in [1.807, 2.05) is 6.92 Å². The van der Waals surface area contributed by atoms with E-state index in [0.717, 1.165) is 10.8 Å². The smallest absolute Gasteiger partial charge is 0.267 e. The fraction of sp³-hybridized carbons (Fsp3) is 0.182. The molecule has 31 heavy (non-hydrogen) atoms. The molecule has 3 rings (SSSR count). The Balaban J connectivity index is 2.00. The van der Waals surface area contributed by atoms with Crippen LogP contribution in [0.2, 0.25) is 0 Å². The van der Waals surface area contributed by atoms with E-state index in [4.69, 9.17) is 4.74 Å². The molecule has 0 bridgehead atoms. The largest absolute Gasteiger partial charge is 0.492 e. The van der Waals surface area contributed by atoms with Gasteiger partial charge in [-0.05, 0) is 43.3 Å². The Morgan fingerprint density at radius 1 is 1.13 bits per heavy atom. The summed E-state index contributed by atoms with van der Waals surface area (Å²) in [6.45, 7) is 1.83. The zero-order valence-electron chi connectivity index (χ0n) is 17.0. The first kappa shape index (κ1) is 21.7. The van der Waals surface area contributed by atoms with Crippen LogP contribution >= 0.6 is 0 Å². The van der Waals surface area contributed by atoms with Gasteiger partial charge in [0.25, 0.3) is 11.5 Å². The van der Waals surface area contributed by atoms with Gasteiger partial charge in [0.05, 0.1) is 12.3 Å². The minimum Gasteiger partial charge on any atom is -0.492 e. The lowest BCUT2D eigenvalue weighted by Crippen LogP contribution is -2.35. The first-order valence-electron chi connectivity index (χ1n) is 9.54. The summed E-state index contributed by atoms with van der Waals surface area (Å²) in [5, 5.41) is 5.08. The minimum absolute atomic E-state index is 0.130. The predicted molar refractivity (Wildman–Crippen MR) is 114 cm³/mol. The third-order valence-corrected chi connectivity index (χ3v) is 4.38. The van der Waals surface area contributed by atoms with Crippen molar-refractivity contribution in [2.24, 2.45) is 0 Å². The molecular weight excluding hydrogens is 403 g/mol. The van der Waals surface area contributed by atoms with Crippen molar-refractivity contribution >= 4 is 17.5 Å². The molecule has 2 aromatic carbocycles. The molecule has 160 valence electrons. The number of anilines is 1. The highest BCUT2D eigenvalue weighted by Gasteiger charge is 2.19. The Morgan fingerprint density at radius 3 is 2.52 bits per heavy atom. The second kappa shape index (κ2) is 9.66. The number of para-hydroxylation sites is 2. The third-order valence-electron chi connectivity index (χ3n) is 4.38. The first-order valence-corrected chi connectivity index (χ1v) is 9.54. The van der Waals surface area contributed by atoms with Crippen molar-refractivity contribution in [1.82, 2.24) is 14.9 Å². The Morgan fingerprint density at radius 2 is 1.84 bits per heavy atom. The maximum atomic E-state index is 13.3. The van der Waals surface area contributed by atoms with Gasteiger partial charge in [0.1, 0.15) is 29.5 Å². The zero-order chi connectivity index (χ0) is 22.4. The summed E-state index contributed by atoms with van der Waals surface area (Å²) in [6.07, 6.45) is 1.14. The van der Waals surface area contributed by atoms with Crippen LogP contribution in [0.25, 0.3) is 11.4 Å². The van der Waals surface area contributed by atoms with E-state index >= 15 is 0 Å². The molecule has 0 aliphatic heterocycles. The van der Waals surface area contributed by atoms with Crippen molar-refractivity contribution in [1.29, 1.82) is 0 Å². The predicted octanol–water partition coefficient (Wildman–Crippen LogP) is 2.45. The number of hydrogen-bond acceptors (Lipinski definition) is 5. The van der Waals surface area contributed by atoms with Crippen LogP contribution in [0.1, 0.15) is 17.3 Å². The standard InChI is InChI=1S/C22H21FN4O4/c1-3-31-18-7-5-4-6-17(18)26-19(28)13-27-20(14-8-10-15(23)11-9-14)25-12-16(22(27)30)21(29)24-2/h4-12H,3,13H2,1-2H3,(H,24,29)(H,26,28). The van der Waals surface area contributed by atoms with E-state index < -0.39 is 29.7 Å². The van der Waals surface area contributed by atoms with E-state index in [1.54, 1.807) is 24.3 Å². The van der Waals surface area contributed by atoms with Crippen molar-refractivity contribution in [2.75, 3.05) is 19.0 Å². The van der Waals surface area contributed by atoms with Gasteiger partial charge in [-0.25, -0.2) is 9.37 Å². The fourth-order valence-corrected chi connectivity index (χ4v) is 2.94. The average Bonchev–Trinajstić information content (AvgIpc) is 2.77. The Kier molecular flexibility index (Phi) is 6.76. The maximum Gasteiger partial charge on any atom is 0.267 e. The van der Waals surface area contributed by atoms with Gasteiger partial charge in [0, 0.05) is 18.8 Å². The molecule has 0 spiro atoms. The van der Waals surface area contributed by atoms with Gasteiger partial charge >= 0.3 is 0 Å². The summed E-state index contributed by atoms with van der Waals surface area (Å²) in [6, 6.07) is 12.2. The highest BCUT2D eigenvalue weighted by Crippen LogP contribution is 2.24. The van der Waals surface area contributed by atoms with Crippen molar-refractivity contribution in [3.63, 3.8) is 0 Å². The van der Waals surface area contributed by atoms with Crippen LogP contribution in [0.4, 0.5) is 10.1 Å². The lowest BCUT2D eigenvalue weighted by Gasteiger charge is -2.15. The number of benzene rings is 2. The number of hydrogen-bond donors (Lipinski definition) is 2. The van der Waals surface area contributed by atoms with Crippen molar-refractivity contribution < 1.29 is 18.7 Å². The Bertz CT molecular complexity index is 1160. The minimum atomic E-state index is -0.693. The number of amides is 2. The molecule has 9 heteroatoms. The lowest BCUT2D eigenvalue weighted by atomic mass is 10.2. The summed E-state index contributed by atoms with van der Waals surface area (Å²) in [7, 11) is 1.39. The molecule has 0 saturated heterocycles. The molecule has 2 amide bonds. The fourth-order valence-electron chi connectivity index (χ4n) is 2.94. The third kappa shape index (κ3) is 4.95. The number of ether oxygens (including phenoxy) is 1. The monoisotopic (exact) mass is 424 g/mol. The summed E-state index contributed by atoms with van der Waals surface area (Å²) >= 11 is 0. The normalized spacial score (nSPS) is 10.4. The topological polar surface area (TPSA) is 102 Å². The molecule has 0 radical (unpaired) electrons. The van der Waals surface area contributed by atoms with Crippen molar-refractivity contribution in [3.05, 3.63) is 76.5 Å². The Labute approximate surface area is 177 Å². The quantitative estimate of drug-likeness (QED) is 0.607. The van der Waals surface area contributed by atoms with Crippen molar-refractivity contribution in [3.8, 4) is 17.1 Å². The van der Waals surface area contributed by atoms with Gasteiger partial charge in [-0.3, -0.25) is 19.0 Å². The highest BCUT2D eigenvalue weighted by molar-refractivity contribution is 5.94. The summed E-state index contributed by atoms with van der Waals surface area (Å²) in [5.74, 6) is -0.982. The maximum absolute atomic E-state index is 13.3. The number of carbonyl (C=O) groups excluding carboxylic acids is 2. The molecule has 0 fully saturated rings. The van der Waals surface area contributed by atoms with E-state index in [1.165, 1.54) is 31.3 Å². The second-order valence-electron chi connectivity index (χ2n) is 6.45. The van der Waals surface area contributed by atoms with Crippen LogP contribution in [0.3, 0.4) is 0 Å². The van der Waals surface area contributed by atoms with E-state index in [9.17, 15) is 18.8 Å². The number of aromatic nitrogens is 2. The summed E-state index contributed by atoms with van der Waals surface area (Å²) in [4.78, 5) is 42.0. The molecule has 0 saturated carbocycles. The van der Waals surface area contributed by atoms with Gasteiger partial charge in [-0.1, -0.05) is 12.1 Å². The van der Waals surface area contributed by atoms with Crippen LogP contribution < -0.4 is 20.9 Å².